The van der Waals surface area contributed by atoms with Crippen LogP contribution in [0.2, 0.25) is 0 Å². The summed E-state index contributed by atoms with van der Waals surface area (Å²) in [4.78, 5) is 16.0. The zero-order valence-electron chi connectivity index (χ0n) is 10.4. The van der Waals surface area contributed by atoms with Gasteiger partial charge in [-0.2, -0.15) is 0 Å². The number of carbonyl (C=O) groups excluding carboxylic acids is 1. The molecule has 1 aliphatic rings. The van der Waals surface area contributed by atoms with Gasteiger partial charge in [-0.15, -0.1) is 0 Å². The van der Waals surface area contributed by atoms with Crippen molar-refractivity contribution in [3.8, 4) is 0 Å². The van der Waals surface area contributed by atoms with Crippen LogP contribution in [-0.2, 0) is 11.2 Å². The topological polar surface area (TPSA) is 62.2 Å². The smallest absolute Gasteiger partial charge is 0.221 e. The van der Waals surface area contributed by atoms with E-state index in [1.54, 1.807) is 12.4 Å². The van der Waals surface area contributed by atoms with E-state index in [-0.39, 0.29) is 24.5 Å². The van der Waals surface area contributed by atoms with Gasteiger partial charge in [0.25, 0.3) is 0 Å². The number of hydrogen-bond donors (Lipinski definition) is 2. The number of nitrogens with zero attached hydrogens (tertiary/aromatic N) is 1. The number of rotatable bonds is 4. The summed E-state index contributed by atoms with van der Waals surface area (Å²) in [5.41, 5.74) is 2.20. The minimum absolute atomic E-state index is 0.00634. The number of aliphatic hydroxyl groups excluding tert-OH is 1. The molecule has 1 amide bonds. The van der Waals surface area contributed by atoms with Crippen molar-refractivity contribution in [3.05, 3.63) is 28.0 Å². The normalized spacial score (nSPS) is 21.8. The highest BCUT2D eigenvalue weighted by Gasteiger charge is 2.31. The van der Waals surface area contributed by atoms with Gasteiger partial charge in [-0.05, 0) is 39.9 Å². The maximum atomic E-state index is 11.8. The first-order valence-electron chi connectivity index (χ1n) is 6.25. The number of halogens is 2. The molecule has 104 valence electrons. The molecular formula is C13H16Br2N2O2. The van der Waals surface area contributed by atoms with Gasteiger partial charge in [0.05, 0.1) is 6.04 Å². The van der Waals surface area contributed by atoms with Gasteiger partial charge in [-0.1, -0.05) is 15.9 Å². The predicted octanol–water partition coefficient (Wildman–Crippen LogP) is 2.34. The number of amides is 1. The van der Waals surface area contributed by atoms with Crippen LogP contribution in [0.5, 0.6) is 0 Å². The largest absolute Gasteiger partial charge is 0.396 e. The third kappa shape index (κ3) is 3.35. The van der Waals surface area contributed by atoms with Gasteiger partial charge in [0.2, 0.25) is 5.91 Å². The van der Waals surface area contributed by atoms with E-state index in [4.69, 9.17) is 0 Å². The zero-order valence-corrected chi connectivity index (χ0v) is 13.6. The number of nitrogens with one attached hydrogen (secondary N) is 1. The molecule has 1 heterocycles. The molecule has 1 aromatic rings. The zero-order chi connectivity index (χ0) is 13.8. The lowest BCUT2D eigenvalue weighted by Crippen LogP contribution is -2.38. The van der Waals surface area contributed by atoms with Crippen molar-refractivity contribution < 1.29 is 9.90 Å². The lowest BCUT2D eigenvalue weighted by atomic mass is 9.81. The Balaban J connectivity index is 2.28. The Morgan fingerprint density at radius 2 is 2.32 bits per heavy atom. The molecule has 0 saturated heterocycles. The van der Waals surface area contributed by atoms with Gasteiger partial charge in [0.1, 0.15) is 0 Å². The van der Waals surface area contributed by atoms with Crippen molar-refractivity contribution >= 4 is 37.8 Å². The Labute approximate surface area is 129 Å². The van der Waals surface area contributed by atoms with Crippen LogP contribution in [0.1, 0.15) is 30.0 Å². The Morgan fingerprint density at radius 1 is 1.53 bits per heavy atom. The van der Waals surface area contributed by atoms with E-state index < -0.39 is 0 Å². The number of hydrogen-bond acceptors (Lipinski definition) is 3. The first-order chi connectivity index (χ1) is 9.17. The Kier molecular flexibility index (Phi) is 5.36. The van der Waals surface area contributed by atoms with Gasteiger partial charge in [-0.3, -0.25) is 9.78 Å². The fraction of sp³-hybridized carbons (Fsp3) is 0.538. The summed E-state index contributed by atoms with van der Waals surface area (Å²) in [7, 11) is 0. The second kappa shape index (κ2) is 6.81. The van der Waals surface area contributed by atoms with Crippen LogP contribution in [0.15, 0.2) is 16.9 Å². The highest BCUT2D eigenvalue weighted by Crippen LogP contribution is 2.37. The van der Waals surface area contributed by atoms with Gasteiger partial charge < -0.3 is 10.4 Å². The van der Waals surface area contributed by atoms with Crippen molar-refractivity contribution in [2.45, 2.75) is 25.3 Å². The van der Waals surface area contributed by atoms with Gasteiger partial charge >= 0.3 is 0 Å². The fourth-order valence-corrected chi connectivity index (χ4v) is 3.39. The van der Waals surface area contributed by atoms with Gasteiger partial charge in [0, 0.05) is 41.1 Å². The van der Waals surface area contributed by atoms with Crippen LogP contribution < -0.4 is 5.32 Å². The van der Waals surface area contributed by atoms with Gasteiger partial charge in [-0.25, -0.2) is 0 Å². The number of pyridine rings is 1. The SMILES string of the molecule is O=C(CCBr)NC1c2cncc(Br)c2CCC1CO. The third-order valence-electron chi connectivity index (χ3n) is 3.48. The minimum Gasteiger partial charge on any atom is -0.396 e. The van der Waals surface area contributed by atoms with Crippen molar-refractivity contribution in [1.82, 2.24) is 10.3 Å². The van der Waals surface area contributed by atoms with Crippen molar-refractivity contribution in [2.75, 3.05) is 11.9 Å². The molecule has 2 rings (SSSR count). The lowest BCUT2D eigenvalue weighted by Gasteiger charge is -2.33. The molecule has 1 aliphatic carbocycles. The van der Waals surface area contributed by atoms with E-state index in [0.717, 1.165) is 22.9 Å². The lowest BCUT2D eigenvalue weighted by molar-refractivity contribution is -0.122. The van der Waals surface area contributed by atoms with Crippen LogP contribution in [0, 0.1) is 5.92 Å². The summed E-state index contributed by atoms with van der Waals surface area (Å²) in [5, 5.41) is 13.2. The molecule has 0 radical (unpaired) electrons. The van der Waals surface area contributed by atoms with E-state index in [9.17, 15) is 9.90 Å². The van der Waals surface area contributed by atoms with E-state index in [1.807, 2.05) is 0 Å². The Bertz CT molecular complexity index is 468. The molecule has 0 fully saturated rings. The second-order valence-electron chi connectivity index (χ2n) is 4.65. The molecule has 19 heavy (non-hydrogen) atoms. The highest BCUT2D eigenvalue weighted by molar-refractivity contribution is 9.10. The second-order valence-corrected chi connectivity index (χ2v) is 6.30. The molecule has 0 saturated carbocycles. The van der Waals surface area contributed by atoms with Crippen LogP contribution in [-0.4, -0.2) is 27.9 Å². The molecule has 2 N–H and O–H groups in total. The van der Waals surface area contributed by atoms with Crippen molar-refractivity contribution in [2.24, 2.45) is 5.92 Å². The van der Waals surface area contributed by atoms with Crippen LogP contribution in [0.3, 0.4) is 0 Å². The summed E-state index contributed by atoms with van der Waals surface area (Å²) >= 11 is 6.76. The molecule has 4 nitrogen and oxygen atoms in total. The number of aromatic nitrogens is 1. The number of fused-ring (bicyclic) bond motifs is 1. The molecule has 0 spiro atoms. The van der Waals surface area contributed by atoms with E-state index >= 15 is 0 Å². The average molecular weight is 392 g/mol. The maximum absolute atomic E-state index is 11.8. The Hall–Kier alpha value is -0.460. The summed E-state index contributed by atoms with van der Waals surface area (Å²) in [5.74, 6) is 0.0519. The van der Waals surface area contributed by atoms with Crippen LogP contribution >= 0.6 is 31.9 Å². The summed E-state index contributed by atoms with van der Waals surface area (Å²) in [6.07, 6.45) is 5.77. The van der Waals surface area contributed by atoms with Crippen molar-refractivity contribution in [3.63, 3.8) is 0 Å². The summed E-state index contributed by atoms with van der Waals surface area (Å²) in [6, 6.07) is -0.148. The highest BCUT2D eigenvalue weighted by atomic mass is 79.9. The molecular weight excluding hydrogens is 376 g/mol. The first-order valence-corrected chi connectivity index (χ1v) is 8.17. The molecule has 0 aliphatic heterocycles. The summed E-state index contributed by atoms with van der Waals surface area (Å²) in [6.45, 7) is 0.0746. The molecule has 2 atom stereocenters. The average Bonchev–Trinajstić information content (AvgIpc) is 2.40. The van der Waals surface area contributed by atoms with Crippen molar-refractivity contribution in [1.29, 1.82) is 0 Å². The number of carbonyl (C=O) groups is 1. The van der Waals surface area contributed by atoms with Gasteiger partial charge in [0.15, 0.2) is 0 Å². The maximum Gasteiger partial charge on any atom is 0.221 e. The summed E-state index contributed by atoms with van der Waals surface area (Å²) < 4.78 is 0.973. The molecule has 2 unspecified atom stereocenters. The third-order valence-corrected chi connectivity index (χ3v) is 4.56. The van der Waals surface area contributed by atoms with Crippen LogP contribution in [0.25, 0.3) is 0 Å². The Morgan fingerprint density at radius 3 is 3.00 bits per heavy atom. The molecule has 6 heteroatoms. The quantitative estimate of drug-likeness (QED) is 0.774. The first kappa shape index (κ1) is 14.9. The standard InChI is InChI=1S/C13H16Br2N2O2/c14-4-3-12(19)17-13-8(7-18)1-2-9-10(13)5-16-6-11(9)15/h5-6,8,13,18H,1-4,7H2,(H,17,19). The van der Waals surface area contributed by atoms with E-state index in [1.165, 1.54) is 5.56 Å². The minimum atomic E-state index is -0.148. The number of alkyl halides is 1. The molecule has 1 aromatic heterocycles. The molecule has 0 aromatic carbocycles. The fourth-order valence-electron chi connectivity index (χ4n) is 2.48. The van der Waals surface area contributed by atoms with E-state index in [0.29, 0.717) is 11.8 Å². The monoisotopic (exact) mass is 390 g/mol. The van der Waals surface area contributed by atoms with Crippen LogP contribution in [0.4, 0.5) is 0 Å². The predicted molar refractivity (Wildman–Crippen MR) is 80.1 cm³/mol. The molecule has 0 bridgehead atoms. The number of aliphatic hydroxyl groups is 1. The van der Waals surface area contributed by atoms with E-state index in [2.05, 4.69) is 42.2 Å².